The number of alkyl halides is 3. The number of aromatic nitrogens is 3. The van der Waals surface area contributed by atoms with Crippen molar-refractivity contribution in [1.82, 2.24) is 19.4 Å². The minimum absolute atomic E-state index is 0.0460. The molecule has 4 heterocycles. The lowest BCUT2D eigenvalue weighted by atomic mass is 9.97. The number of cyclic esters (lactones) is 1. The maximum atomic E-state index is 13.9. The number of thiazole rings is 1. The SMILES string of the molecule is COCc1nc2cc(-c3ncc(C(F)(F)F)s3)c(N[C@H]3CCN4C(=O)OC[C@@H]4C3)cc2c(=O)n1Cc1ccc(Cl)cc1. The molecule has 2 atom stereocenters. The van der Waals surface area contributed by atoms with Gasteiger partial charge in [0.2, 0.25) is 0 Å². The highest BCUT2D eigenvalue weighted by atomic mass is 35.5. The first-order valence-corrected chi connectivity index (χ1v) is 14.3. The van der Waals surface area contributed by atoms with E-state index in [0.29, 0.717) is 63.7 Å². The number of carbonyl (C=O) groups is 1. The van der Waals surface area contributed by atoms with Gasteiger partial charge in [0.1, 0.15) is 28.9 Å². The summed E-state index contributed by atoms with van der Waals surface area (Å²) in [5.41, 5.74) is 1.68. The zero-order valence-electron chi connectivity index (χ0n) is 22.3. The fourth-order valence-corrected chi connectivity index (χ4v) is 6.31. The van der Waals surface area contributed by atoms with E-state index >= 15 is 0 Å². The lowest BCUT2D eigenvalue weighted by molar-refractivity contribution is -0.134. The number of benzene rings is 2. The van der Waals surface area contributed by atoms with Crippen LogP contribution in [0.15, 0.2) is 47.4 Å². The van der Waals surface area contributed by atoms with Crippen LogP contribution in [-0.4, -0.2) is 57.9 Å². The maximum Gasteiger partial charge on any atom is 0.427 e. The van der Waals surface area contributed by atoms with Gasteiger partial charge in [-0.05, 0) is 42.7 Å². The Labute approximate surface area is 246 Å². The molecule has 42 heavy (non-hydrogen) atoms. The van der Waals surface area contributed by atoms with Crippen molar-refractivity contribution in [3.8, 4) is 10.6 Å². The zero-order chi connectivity index (χ0) is 29.6. The average Bonchev–Trinajstić information content (AvgIpc) is 3.60. The molecule has 0 bridgehead atoms. The molecule has 1 amide bonds. The van der Waals surface area contributed by atoms with Gasteiger partial charge in [-0.25, -0.2) is 14.8 Å². The van der Waals surface area contributed by atoms with Crippen molar-refractivity contribution >= 4 is 45.6 Å². The topological polar surface area (TPSA) is 98.6 Å². The van der Waals surface area contributed by atoms with E-state index in [1.165, 1.54) is 11.7 Å². The second kappa shape index (κ2) is 11.2. The van der Waals surface area contributed by atoms with E-state index in [1.807, 2.05) is 12.1 Å². The number of hydrogen-bond acceptors (Lipinski definition) is 8. The first kappa shape index (κ1) is 28.4. The normalized spacial score (nSPS) is 18.8. The van der Waals surface area contributed by atoms with Gasteiger partial charge in [0.15, 0.2) is 0 Å². The monoisotopic (exact) mass is 619 g/mol. The van der Waals surface area contributed by atoms with E-state index in [1.54, 1.807) is 29.2 Å². The van der Waals surface area contributed by atoms with Crippen LogP contribution in [0.1, 0.15) is 29.1 Å². The van der Waals surface area contributed by atoms with Crippen molar-refractivity contribution in [3.63, 3.8) is 0 Å². The number of hydrogen-bond donors (Lipinski definition) is 1. The van der Waals surface area contributed by atoms with Gasteiger partial charge in [0.05, 0.1) is 29.7 Å². The number of rotatable bonds is 7. The van der Waals surface area contributed by atoms with Crippen molar-refractivity contribution < 1.29 is 27.4 Å². The Balaban J connectivity index is 1.45. The average molecular weight is 620 g/mol. The molecule has 9 nitrogen and oxygen atoms in total. The van der Waals surface area contributed by atoms with Crippen LogP contribution in [0.4, 0.5) is 23.7 Å². The Kier molecular flexibility index (Phi) is 7.58. The first-order chi connectivity index (χ1) is 20.1. The van der Waals surface area contributed by atoms with Gasteiger partial charge in [-0.2, -0.15) is 13.2 Å². The molecule has 0 spiro atoms. The van der Waals surface area contributed by atoms with Crippen LogP contribution in [0.25, 0.3) is 21.5 Å². The first-order valence-electron chi connectivity index (χ1n) is 13.1. The van der Waals surface area contributed by atoms with Gasteiger partial charge in [0, 0.05) is 36.0 Å². The van der Waals surface area contributed by atoms with Crippen molar-refractivity contribution in [2.24, 2.45) is 0 Å². The molecule has 4 aromatic rings. The molecule has 14 heteroatoms. The Hall–Kier alpha value is -3.68. The zero-order valence-corrected chi connectivity index (χ0v) is 23.9. The second-order valence-electron chi connectivity index (χ2n) is 10.2. The Bertz CT molecular complexity index is 1710. The van der Waals surface area contributed by atoms with Crippen LogP contribution in [0, 0.1) is 0 Å². The standard InChI is InChI=1S/C28H25ClF3N5O4S/c1-40-14-24-35-22-9-19(25-33-11-23(42-25)28(30,31)32)21(34-17-6-7-36-18(8-17)13-41-27(36)39)10-20(22)26(38)37(24)12-15-2-4-16(29)5-3-15/h2-5,9-11,17-18,34H,6-8,12-14H2,1H3/t17-,18-/m0/s1. The summed E-state index contributed by atoms with van der Waals surface area (Å²) >= 11 is 6.55. The molecular formula is C28H25ClF3N5O4S. The van der Waals surface area contributed by atoms with Crippen molar-refractivity contribution in [3.05, 3.63) is 74.2 Å². The number of piperidine rings is 1. The molecule has 2 aromatic heterocycles. The predicted molar refractivity (Wildman–Crippen MR) is 152 cm³/mol. The fourth-order valence-electron chi connectivity index (χ4n) is 5.37. The summed E-state index contributed by atoms with van der Waals surface area (Å²) in [4.78, 5) is 35.5. The Morgan fingerprint density at radius 1 is 1.21 bits per heavy atom. The van der Waals surface area contributed by atoms with E-state index in [4.69, 9.17) is 26.1 Å². The second-order valence-corrected chi connectivity index (χ2v) is 11.7. The third-order valence-corrected chi connectivity index (χ3v) is 8.75. The fraction of sp³-hybridized carbons (Fsp3) is 0.357. The number of carbonyl (C=O) groups excluding carboxylic acids is 1. The summed E-state index contributed by atoms with van der Waals surface area (Å²) in [7, 11) is 1.49. The Morgan fingerprint density at radius 3 is 2.71 bits per heavy atom. The van der Waals surface area contributed by atoms with Crippen LogP contribution in [0.2, 0.25) is 5.02 Å². The third-order valence-electron chi connectivity index (χ3n) is 7.42. The molecule has 6 rings (SSSR count). The molecule has 2 aliphatic heterocycles. The van der Waals surface area contributed by atoms with E-state index < -0.39 is 11.1 Å². The quantitative estimate of drug-likeness (QED) is 0.280. The van der Waals surface area contributed by atoms with Crippen LogP contribution in [0.5, 0.6) is 0 Å². The van der Waals surface area contributed by atoms with Gasteiger partial charge < -0.3 is 19.7 Å². The van der Waals surface area contributed by atoms with E-state index in [2.05, 4.69) is 10.3 Å². The minimum Gasteiger partial charge on any atom is -0.447 e. The molecule has 0 unspecified atom stereocenters. The van der Waals surface area contributed by atoms with E-state index in [0.717, 1.165) is 11.8 Å². The summed E-state index contributed by atoms with van der Waals surface area (Å²) in [6, 6.07) is 10.1. The Morgan fingerprint density at radius 2 is 2.00 bits per heavy atom. The molecule has 220 valence electrons. The highest BCUT2D eigenvalue weighted by Crippen LogP contribution is 2.40. The summed E-state index contributed by atoms with van der Waals surface area (Å²) < 4.78 is 52.4. The summed E-state index contributed by atoms with van der Waals surface area (Å²) in [5.74, 6) is 0.366. The summed E-state index contributed by atoms with van der Waals surface area (Å²) in [6.45, 7) is 1.03. The molecule has 2 fully saturated rings. The van der Waals surface area contributed by atoms with Crippen LogP contribution in [0.3, 0.4) is 0 Å². The number of ether oxygens (including phenoxy) is 2. The van der Waals surface area contributed by atoms with Crippen LogP contribution >= 0.6 is 22.9 Å². The molecular weight excluding hydrogens is 595 g/mol. The van der Waals surface area contributed by atoms with Crippen molar-refractivity contribution in [1.29, 1.82) is 0 Å². The van der Waals surface area contributed by atoms with E-state index in [9.17, 15) is 22.8 Å². The molecule has 1 N–H and O–H groups in total. The van der Waals surface area contributed by atoms with E-state index in [-0.39, 0.29) is 48.5 Å². The van der Waals surface area contributed by atoms with Gasteiger partial charge in [-0.15, -0.1) is 11.3 Å². The highest BCUT2D eigenvalue weighted by molar-refractivity contribution is 7.15. The largest absolute Gasteiger partial charge is 0.447 e. The van der Waals surface area contributed by atoms with Gasteiger partial charge >= 0.3 is 12.3 Å². The third kappa shape index (κ3) is 5.55. The lowest BCUT2D eigenvalue weighted by Gasteiger charge is -2.33. The van der Waals surface area contributed by atoms with Crippen LogP contribution in [-0.2, 0) is 28.8 Å². The highest BCUT2D eigenvalue weighted by Gasteiger charge is 2.38. The smallest absolute Gasteiger partial charge is 0.427 e. The number of nitrogens with one attached hydrogen (secondary N) is 1. The number of halogens is 4. The maximum absolute atomic E-state index is 13.9. The lowest BCUT2D eigenvalue weighted by Crippen LogP contribution is -2.45. The number of amides is 1. The van der Waals surface area contributed by atoms with Crippen molar-refractivity contribution in [2.45, 2.75) is 44.3 Å². The van der Waals surface area contributed by atoms with Gasteiger partial charge in [0.25, 0.3) is 5.56 Å². The molecule has 0 saturated carbocycles. The van der Waals surface area contributed by atoms with Crippen LogP contribution < -0.4 is 10.9 Å². The number of nitrogens with zero attached hydrogens (tertiary/aromatic N) is 4. The van der Waals surface area contributed by atoms with Gasteiger partial charge in [-0.3, -0.25) is 9.36 Å². The van der Waals surface area contributed by atoms with Crippen molar-refractivity contribution in [2.75, 3.05) is 25.6 Å². The number of methoxy groups -OCH3 is 1. The molecule has 2 aromatic carbocycles. The molecule has 0 radical (unpaired) electrons. The molecule has 2 saturated heterocycles. The summed E-state index contributed by atoms with van der Waals surface area (Å²) in [6.07, 6.45) is -2.89. The number of anilines is 1. The summed E-state index contributed by atoms with van der Waals surface area (Å²) in [5, 5.41) is 4.44. The predicted octanol–water partition coefficient (Wildman–Crippen LogP) is 5.78. The van der Waals surface area contributed by atoms with Gasteiger partial charge in [-0.1, -0.05) is 23.7 Å². The minimum atomic E-state index is -4.54. The molecule has 2 aliphatic rings. The number of fused-ring (bicyclic) bond motifs is 2. The molecule has 0 aliphatic carbocycles.